The molecule has 0 saturated heterocycles. The van der Waals surface area contributed by atoms with Crippen LogP contribution in [0.1, 0.15) is 18.4 Å². The van der Waals surface area contributed by atoms with Gasteiger partial charge in [0.05, 0.1) is 18.5 Å². The molecule has 2 aromatic carbocycles. The normalized spacial score (nSPS) is 11.2. The molecule has 0 fully saturated rings. The Balaban J connectivity index is 1.79. The topological polar surface area (TPSA) is 75.7 Å². The summed E-state index contributed by atoms with van der Waals surface area (Å²) in [5, 5.41) is 3.15. The molecule has 1 amide bonds. The van der Waals surface area contributed by atoms with Crippen molar-refractivity contribution < 1.29 is 22.3 Å². The summed E-state index contributed by atoms with van der Waals surface area (Å²) in [5.74, 6) is -0.0351. The van der Waals surface area contributed by atoms with Gasteiger partial charge in [0.2, 0.25) is 15.9 Å². The van der Waals surface area contributed by atoms with Gasteiger partial charge in [0.1, 0.15) is 18.2 Å². The van der Waals surface area contributed by atoms with E-state index in [0.717, 1.165) is 11.8 Å². The minimum atomic E-state index is -3.51. The molecule has 0 saturated carbocycles. The van der Waals surface area contributed by atoms with Gasteiger partial charge in [-0.3, -0.25) is 9.10 Å². The van der Waals surface area contributed by atoms with Gasteiger partial charge >= 0.3 is 0 Å². The highest BCUT2D eigenvalue weighted by atomic mass is 35.5. The monoisotopic (exact) mass is 442 g/mol. The lowest BCUT2D eigenvalue weighted by atomic mass is 10.2. The van der Waals surface area contributed by atoms with E-state index in [-0.39, 0.29) is 31.3 Å². The Hall–Kier alpha value is -2.32. The number of nitrogens with one attached hydrogen (secondary N) is 1. The van der Waals surface area contributed by atoms with Gasteiger partial charge in [-0.05, 0) is 55.3 Å². The van der Waals surface area contributed by atoms with Gasteiger partial charge in [0.25, 0.3) is 0 Å². The average molecular weight is 443 g/mol. The standard InChI is InChI=1S/C20H24ClFN2O4S/c1-15-5-6-16(21)14-19(15)24(29(2,26)27)12-3-4-20(25)23-11-13-28-18-9-7-17(22)8-10-18/h5-10,14H,3-4,11-13H2,1-2H3,(H,23,25). The van der Waals surface area contributed by atoms with Crippen molar-refractivity contribution in [1.29, 1.82) is 0 Å². The second-order valence-corrected chi connectivity index (χ2v) is 8.87. The highest BCUT2D eigenvalue weighted by Crippen LogP contribution is 2.26. The Morgan fingerprint density at radius 1 is 1.21 bits per heavy atom. The molecule has 6 nitrogen and oxygen atoms in total. The number of hydrogen-bond donors (Lipinski definition) is 1. The van der Waals surface area contributed by atoms with Gasteiger partial charge < -0.3 is 10.1 Å². The lowest BCUT2D eigenvalue weighted by Gasteiger charge is -2.24. The van der Waals surface area contributed by atoms with E-state index < -0.39 is 10.0 Å². The maximum absolute atomic E-state index is 12.8. The average Bonchev–Trinajstić information content (AvgIpc) is 2.65. The van der Waals surface area contributed by atoms with Crippen molar-refractivity contribution in [3.63, 3.8) is 0 Å². The lowest BCUT2D eigenvalue weighted by Crippen LogP contribution is -2.33. The van der Waals surface area contributed by atoms with Gasteiger partial charge in [-0.2, -0.15) is 0 Å². The van der Waals surface area contributed by atoms with Gasteiger partial charge in [0, 0.05) is 18.0 Å². The Bertz CT molecular complexity index is 936. The van der Waals surface area contributed by atoms with Crippen molar-refractivity contribution in [1.82, 2.24) is 5.32 Å². The molecule has 0 heterocycles. The predicted molar refractivity (Wildman–Crippen MR) is 113 cm³/mol. The number of carbonyl (C=O) groups excluding carboxylic acids is 1. The molecule has 158 valence electrons. The van der Waals surface area contributed by atoms with E-state index in [1.54, 1.807) is 25.1 Å². The molecular formula is C20H24ClFN2O4S. The van der Waals surface area contributed by atoms with Crippen LogP contribution in [0.4, 0.5) is 10.1 Å². The van der Waals surface area contributed by atoms with Crippen molar-refractivity contribution in [2.45, 2.75) is 19.8 Å². The fourth-order valence-electron chi connectivity index (χ4n) is 2.68. The van der Waals surface area contributed by atoms with Crippen LogP contribution < -0.4 is 14.4 Å². The summed E-state index contributed by atoms with van der Waals surface area (Å²) in [5.41, 5.74) is 1.29. The molecule has 0 aliphatic rings. The number of nitrogens with zero attached hydrogens (tertiary/aromatic N) is 1. The van der Waals surface area contributed by atoms with Crippen LogP contribution in [-0.2, 0) is 14.8 Å². The quantitative estimate of drug-likeness (QED) is 0.571. The highest BCUT2D eigenvalue weighted by molar-refractivity contribution is 7.92. The molecule has 0 radical (unpaired) electrons. The Labute approximate surface area is 175 Å². The lowest BCUT2D eigenvalue weighted by molar-refractivity contribution is -0.121. The fourth-order valence-corrected chi connectivity index (χ4v) is 3.86. The number of ether oxygens (including phenoxy) is 1. The molecule has 0 bridgehead atoms. The summed E-state index contributed by atoms with van der Waals surface area (Å²) < 4.78 is 43.8. The number of rotatable bonds is 10. The number of carbonyl (C=O) groups is 1. The van der Waals surface area contributed by atoms with Crippen LogP contribution in [0.5, 0.6) is 5.75 Å². The molecule has 0 aliphatic heterocycles. The van der Waals surface area contributed by atoms with Crippen molar-refractivity contribution >= 4 is 33.2 Å². The first kappa shape index (κ1) is 23.0. The summed E-state index contributed by atoms with van der Waals surface area (Å²) in [6.45, 7) is 2.51. The first-order valence-electron chi connectivity index (χ1n) is 9.06. The van der Waals surface area contributed by atoms with Crippen molar-refractivity contribution in [2.24, 2.45) is 0 Å². The van der Waals surface area contributed by atoms with E-state index in [1.807, 2.05) is 0 Å². The molecule has 2 rings (SSSR count). The molecule has 0 aliphatic carbocycles. The second kappa shape index (κ2) is 10.5. The largest absolute Gasteiger partial charge is 0.492 e. The maximum atomic E-state index is 12.8. The van der Waals surface area contributed by atoms with E-state index in [1.165, 1.54) is 28.6 Å². The molecule has 29 heavy (non-hydrogen) atoms. The van der Waals surface area contributed by atoms with Crippen LogP contribution in [0, 0.1) is 12.7 Å². The molecule has 0 atom stereocenters. The summed E-state index contributed by atoms with van der Waals surface area (Å²) in [7, 11) is -3.51. The third-order valence-electron chi connectivity index (χ3n) is 4.11. The zero-order valence-electron chi connectivity index (χ0n) is 16.3. The zero-order chi connectivity index (χ0) is 21.4. The maximum Gasteiger partial charge on any atom is 0.232 e. The van der Waals surface area contributed by atoms with Crippen LogP contribution in [0.15, 0.2) is 42.5 Å². The zero-order valence-corrected chi connectivity index (χ0v) is 17.9. The molecular weight excluding hydrogens is 419 g/mol. The summed E-state index contributed by atoms with van der Waals surface area (Å²) in [4.78, 5) is 12.0. The predicted octanol–water partition coefficient (Wildman–Crippen LogP) is 3.53. The number of anilines is 1. The third kappa shape index (κ3) is 7.55. The number of benzene rings is 2. The van der Waals surface area contributed by atoms with E-state index in [9.17, 15) is 17.6 Å². The van der Waals surface area contributed by atoms with Crippen LogP contribution >= 0.6 is 11.6 Å². The van der Waals surface area contributed by atoms with Crippen LogP contribution in [-0.4, -0.2) is 40.3 Å². The minimum Gasteiger partial charge on any atom is -0.492 e. The molecule has 9 heteroatoms. The third-order valence-corrected chi connectivity index (χ3v) is 5.53. The van der Waals surface area contributed by atoms with Gasteiger partial charge in [-0.15, -0.1) is 0 Å². The van der Waals surface area contributed by atoms with Crippen molar-refractivity contribution in [2.75, 3.05) is 30.3 Å². The SMILES string of the molecule is Cc1ccc(Cl)cc1N(CCCC(=O)NCCOc1ccc(F)cc1)S(C)(=O)=O. The molecule has 1 N–H and O–H groups in total. The van der Waals surface area contributed by atoms with E-state index in [2.05, 4.69) is 5.32 Å². The second-order valence-electron chi connectivity index (χ2n) is 6.52. The first-order chi connectivity index (χ1) is 13.7. The Morgan fingerprint density at radius 3 is 2.55 bits per heavy atom. The molecule has 0 unspecified atom stereocenters. The van der Waals surface area contributed by atoms with Gasteiger partial charge in [-0.25, -0.2) is 12.8 Å². The van der Waals surface area contributed by atoms with Gasteiger partial charge in [-0.1, -0.05) is 17.7 Å². The molecule has 0 aromatic heterocycles. The number of halogens is 2. The first-order valence-corrected chi connectivity index (χ1v) is 11.3. The Morgan fingerprint density at radius 2 is 1.90 bits per heavy atom. The summed E-state index contributed by atoms with van der Waals surface area (Å²) in [6, 6.07) is 10.7. The summed E-state index contributed by atoms with van der Waals surface area (Å²) >= 11 is 6.00. The number of sulfonamides is 1. The smallest absolute Gasteiger partial charge is 0.232 e. The minimum absolute atomic E-state index is 0.166. The van der Waals surface area contributed by atoms with Gasteiger partial charge in [0.15, 0.2) is 0 Å². The van der Waals surface area contributed by atoms with Crippen molar-refractivity contribution in [3.05, 3.63) is 58.9 Å². The highest BCUT2D eigenvalue weighted by Gasteiger charge is 2.19. The molecule has 2 aromatic rings. The number of amides is 1. The molecule has 0 spiro atoms. The number of aryl methyl sites for hydroxylation is 1. The van der Waals surface area contributed by atoms with Crippen LogP contribution in [0.25, 0.3) is 0 Å². The van der Waals surface area contributed by atoms with E-state index >= 15 is 0 Å². The fraction of sp³-hybridized carbons (Fsp3) is 0.350. The van der Waals surface area contributed by atoms with E-state index in [0.29, 0.717) is 29.4 Å². The van der Waals surface area contributed by atoms with Crippen molar-refractivity contribution in [3.8, 4) is 5.75 Å². The summed E-state index contributed by atoms with van der Waals surface area (Å²) in [6.07, 6.45) is 1.64. The number of hydrogen-bond acceptors (Lipinski definition) is 4. The van der Waals surface area contributed by atoms with Crippen LogP contribution in [0.3, 0.4) is 0 Å². The van der Waals surface area contributed by atoms with E-state index in [4.69, 9.17) is 16.3 Å². The van der Waals surface area contributed by atoms with Crippen LogP contribution in [0.2, 0.25) is 5.02 Å². The Kier molecular flexibility index (Phi) is 8.28.